The maximum atomic E-state index is 13.0. The van der Waals surface area contributed by atoms with Gasteiger partial charge in [0.1, 0.15) is 11.6 Å². The van der Waals surface area contributed by atoms with Gasteiger partial charge >= 0.3 is 6.03 Å². The Bertz CT molecular complexity index is 918. The molecule has 1 aromatic carbocycles. The van der Waals surface area contributed by atoms with Crippen LogP contribution < -0.4 is 10.2 Å². The lowest BCUT2D eigenvalue weighted by Gasteiger charge is -2.36. The van der Waals surface area contributed by atoms with Crippen molar-refractivity contribution in [3.63, 3.8) is 0 Å². The van der Waals surface area contributed by atoms with E-state index in [2.05, 4.69) is 30.1 Å². The minimum Gasteiger partial charge on any atom is -0.356 e. The second kappa shape index (κ2) is 8.01. The molecular formula is C23H31N5O. The minimum absolute atomic E-state index is 0.0526. The number of hydrogen-bond acceptors (Lipinski definition) is 4. The molecular weight excluding hydrogens is 362 g/mol. The predicted molar refractivity (Wildman–Crippen MR) is 116 cm³/mol. The molecule has 154 valence electrons. The van der Waals surface area contributed by atoms with E-state index in [1.54, 1.807) is 0 Å². The molecule has 1 N–H and O–H groups in total. The number of hydrogen-bond donors (Lipinski definition) is 1. The summed E-state index contributed by atoms with van der Waals surface area (Å²) in [4.78, 5) is 26.8. The van der Waals surface area contributed by atoms with Crippen molar-refractivity contribution in [1.29, 1.82) is 0 Å². The summed E-state index contributed by atoms with van der Waals surface area (Å²) in [6, 6.07) is 5.96. The average molecular weight is 394 g/mol. The molecule has 0 radical (unpaired) electrons. The topological polar surface area (TPSA) is 61.4 Å². The van der Waals surface area contributed by atoms with Crippen LogP contribution in [-0.2, 0) is 13.0 Å². The summed E-state index contributed by atoms with van der Waals surface area (Å²) in [5.41, 5.74) is 5.39. The molecule has 6 heteroatoms. The number of aromatic nitrogens is 2. The van der Waals surface area contributed by atoms with Gasteiger partial charge in [-0.15, -0.1) is 0 Å². The molecule has 2 aromatic rings. The number of fused-ring (bicyclic) bond motifs is 1. The first-order valence-electron chi connectivity index (χ1n) is 10.7. The molecule has 0 unspecified atom stereocenters. The van der Waals surface area contributed by atoms with E-state index in [1.165, 1.54) is 18.4 Å². The van der Waals surface area contributed by atoms with Gasteiger partial charge in [0.15, 0.2) is 0 Å². The van der Waals surface area contributed by atoms with Crippen LogP contribution in [0.2, 0.25) is 0 Å². The third-order valence-electron chi connectivity index (χ3n) is 6.37. The standard InChI is InChI=1S/C23H31N5O/c1-15-8-11-27(12-9-15)22-19-14-28(13-10-21(19)24-18(4)25-22)23(29)26-20-7-5-6-16(2)17(20)3/h5-7,15H,8-14H2,1-4H3,(H,26,29). The first kappa shape index (κ1) is 19.7. The van der Waals surface area contributed by atoms with Crippen LogP contribution in [0, 0.1) is 26.7 Å². The molecule has 3 heterocycles. The van der Waals surface area contributed by atoms with Gasteiger partial charge in [-0.05, 0) is 56.7 Å². The van der Waals surface area contributed by atoms with Gasteiger partial charge in [-0.3, -0.25) is 0 Å². The number of urea groups is 1. The number of rotatable bonds is 2. The number of piperidine rings is 1. The van der Waals surface area contributed by atoms with Gasteiger partial charge in [0.05, 0.1) is 12.2 Å². The Hall–Kier alpha value is -2.63. The number of aryl methyl sites for hydroxylation is 2. The number of carbonyl (C=O) groups excluding carboxylic acids is 1. The lowest BCUT2D eigenvalue weighted by atomic mass is 9.98. The fraction of sp³-hybridized carbons (Fsp3) is 0.522. The minimum atomic E-state index is -0.0526. The summed E-state index contributed by atoms with van der Waals surface area (Å²) in [5.74, 6) is 2.62. The maximum absolute atomic E-state index is 13.0. The summed E-state index contributed by atoms with van der Waals surface area (Å²) < 4.78 is 0. The molecule has 1 saturated heterocycles. The number of anilines is 2. The van der Waals surface area contributed by atoms with Gasteiger partial charge in [-0.25, -0.2) is 14.8 Å². The molecule has 2 aliphatic rings. The van der Waals surface area contributed by atoms with Crippen LogP contribution in [0.25, 0.3) is 0 Å². The molecule has 2 amide bonds. The van der Waals surface area contributed by atoms with Crippen molar-refractivity contribution in [3.05, 3.63) is 46.4 Å². The van der Waals surface area contributed by atoms with Crippen LogP contribution in [0.4, 0.5) is 16.3 Å². The van der Waals surface area contributed by atoms with Crippen LogP contribution in [-0.4, -0.2) is 40.5 Å². The van der Waals surface area contributed by atoms with Crippen molar-refractivity contribution in [2.24, 2.45) is 5.92 Å². The van der Waals surface area contributed by atoms with E-state index in [4.69, 9.17) is 9.97 Å². The quantitative estimate of drug-likeness (QED) is 0.829. The van der Waals surface area contributed by atoms with E-state index in [1.807, 2.05) is 30.9 Å². The normalized spacial score (nSPS) is 17.2. The van der Waals surface area contributed by atoms with Gasteiger partial charge in [0, 0.05) is 37.3 Å². The molecule has 6 nitrogen and oxygen atoms in total. The number of amides is 2. The Balaban J connectivity index is 1.55. The summed E-state index contributed by atoms with van der Waals surface area (Å²) in [5, 5.41) is 3.10. The van der Waals surface area contributed by atoms with Crippen molar-refractivity contribution < 1.29 is 4.79 Å². The van der Waals surface area contributed by atoms with Gasteiger partial charge in [-0.2, -0.15) is 0 Å². The summed E-state index contributed by atoms with van der Waals surface area (Å²) in [6.07, 6.45) is 3.15. The van der Waals surface area contributed by atoms with E-state index in [0.29, 0.717) is 13.1 Å². The van der Waals surface area contributed by atoms with E-state index < -0.39 is 0 Å². The summed E-state index contributed by atoms with van der Waals surface area (Å²) in [7, 11) is 0. The Morgan fingerprint density at radius 2 is 1.86 bits per heavy atom. The second-order valence-corrected chi connectivity index (χ2v) is 8.54. The zero-order valence-corrected chi connectivity index (χ0v) is 18.0. The third kappa shape index (κ3) is 4.07. The average Bonchev–Trinajstić information content (AvgIpc) is 2.71. The second-order valence-electron chi connectivity index (χ2n) is 8.54. The predicted octanol–water partition coefficient (Wildman–Crippen LogP) is 4.23. The van der Waals surface area contributed by atoms with E-state index in [0.717, 1.165) is 59.6 Å². The van der Waals surface area contributed by atoms with Gasteiger partial charge in [0.2, 0.25) is 0 Å². The van der Waals surface area contributed by atoms with Gasteiger partial charge < -0.3 is 15.1 Å². The highest BCUT2D eigenvalue weighted by atomic mass is 16.2. The Morgan fingerprint density at radius 3 is 2.62 bits per heavy atom. The van der Waals surface area contributed by atoms with Crippen molar-refractivity contribution in [2.45, 2.75) is 53.5 Å². The van der Waals surface area contributed by atoms with E-state index in [9.17, 15) is 4.79 Å². The highest BCUT2D eigenvalue weighted by Crippen LogP contribution is 2.30. The first-order valence-corrected chi connectivity index (χ1v) is 10.7. The molecule has 0 spiro atoms. The van der Waals surface area contributed by atoms with Crippen LogP contribution in [0.3, 0.4) is 0 Å². The van der Waals surface area contributed by atoms with Crippen LogP contribution in [0.5, 0.6) is 0 Å². The van der Waals surface area contributed by atoms with Crippen molar-refractivity contribution >= 4 is 17.5 Å². The van der Waals surface area contributed by atoms with Crippen molar-refractivity contribution in [3.8, 4) is 0 Å². The molecule has 1 aromatic heterocycles. The van der Waals surface area contributed by atoms with Crippen molar-refractivity contribution in [1.82, 2.24) is 14.9 Å². The molecule has 0 saturated carbocycles. The SMILES string of the molecule is Cc1nc2c(c(N3CCC(C)CC3)n1)CN(C(=O)Nc1cccc(C)c1C)CC2. The van der Waals surface area contributed by atoms with E-state index in [-0.39, 0.29) is 6.03 Å². The Labute approximate surface area is 173 Å². The van der Waals surface area contributed by atoms with Gasteiger partial charge in [0.25, 0.3) is 0 Å². The van der Waals surface area contributed by atoms with E-state index >= 15 is 0 Å². The smallest absolute Gasteiger partial charge is 0.322 e. The first-order chi connectivity index (χ1) is 13.9. The lowest BCUT2D eigenvalue weighted by molar-refractivity contribution is 0.206. The zero-order valence-electron chi connectivity index (χ0n) is 18.0. The summed E-state index contributed by atoms with van der Waals surface area (Å²) in [6.45, 7) is 11.7. The molecule has 0 atom stereocenters. The largest absolute Gasteiger partial charge is 0.356 e. The number of benzene rings is 1. The molecule has 2 aliphatic heterocycles. The third-order valence-corrected chi connectivity index (χ3v) is 6.37. The Kier molecular flexibility index (Phi) is 5.43. The monoisotopic (exact) mass is 393 g/mol. The highest BCUT2D eigenvalue weighted by Gasteiger charge is 2.28. The zero-order chi connectivity index (χ0) is 20.5. The lowest BCUT2D eigenvalue weighted by Crippen LogP contribution is -2.41. The van der Waals surface area contributed by atoms with Crippen LogP contribution in [0.1, 0.15) is 48.0 Å². The molecule has 0 aliphatic carbocycles. The summed E-state index contributed by atoms with van der Waals surface area (Å²) >= 11 is 0. The fourth-order valence-electron chi connectivity index (χ4n) is 4.25. The number of carbonyl (C=O) groups is 1. The molecule has 1 fully saturated rings. The molecule has 29 heavy (non-hydrogen) atoms. The number of nitrogens with one attached hydrogen (secondary N) is 1. The van der Waals surface area contributed by atoms with Crippen LogP contribution in [0.15, 0.2) is 18.2 Å². The van der Waals surface area contributed by atoms with Gasteiger partial charge in [-0.1, -0.05) is 19.1 Å². The molecule has 0 bridgehead atoms. The maximum Gasteiger partial charge on any atom is 0.322 e. The number of nitrogens with zero attached hydrogens (tertiary/aromatic N) is 4. The fourth-order valence-corrected chi connectivity index (χ4v) is 4.25. The Morgan fingerprint density at radius 1 is 1.10 bits per heavy atom. The van der Waals surface area contributed by atoms with Crippen molar-refractivity contribution in [2.75, 3.05) is 29.9 Å². The van der Waals surface area contributed by atoms with Crippen LogP contribution >= 0.6 is 0 Å². The highest BCUT2D eigenvalue weighted by molar-refractivity contribution is 5.90. The molecule has 4 rings (SSSR count).